The molecule has 2 N–H and O–H groups in total. The van der Waals surface area contributed by atoms with Crippen LogP contribution in [0.2, 0.25) is 0 Å². The first-order valence-electron chi connectivity index (χ1n) is 7.69. The molecule has 2 aromatic carbocycles. The lowest BCUT2D eigenvalue weighted by Crippen LogP contribution is -2.23. The number of hydrogen-bond acceptors (Lipinski definition) is 5. The highest BCUT2D eigenvalue weighted by Gasteiger charge is 2.24. The van der Waals surface area contributed by atoms with E-state index < -0.39 is 11.7 Å². The Morgan fingerprint density at radius 3 is 2.96 bits per heavy atom. The SMILES string of the molecule is O=C(NCc1cnco1)c1ccc2c(c1)NC(=O)c1c(F)cccc1S2. The van der Waals surface area contributed by atoms with Crippen molar-refractivity contribution in [2.24, 2.45) is 0 Å². The zero-order valence-corrected chi connectivity index (χ0v) is 14.1. The highest BCUT2D eigenvalue weighted by molar-refractivity contribution is 7.99. The van der Waals surface area contributed by atoms with Crippen molar-refractivity contribution in [3.8, 4) is 0 Å². The van der Waals surface area contributed by atoms with Crippen LogP contribution in [-0.4, -0.2) is 16.8 Å². The van der Waals surface area contributed by atoms with Crippen LogP contribution < -0.4 is 10.6 Å². The largest absolute Gasteiger partial charge is 0.447 e. The molecular formula is C18H12FN3O3S. The summed E-state index contributed by atoms with van der Waals surface area (Å²) >= 11 is 1.27. The van der Waals surface area contributed by atoms with Gasteiger partial charge in [0.2, 0.25) is 0 Å². The van der Waals surface area contributed by atoms with Gasteiger partial charge in [-0.05, 0) is 30.3 Å². The van der Waals surface area contributed by atoms with Gasteiger partial charge in [-0.25, -0.2) is 9.37 Å². The van der Waals surface area contributed by atoms with Gasteiger partial charge in [0.1, 0.15) is 11.6 Å². The van der Waals surface area contributed by atoms with Gasteiger partial charge in [-0.15, -0.1) is 0 Å². The first kappa shape index (κ1) is 16.3. The van der Waals surface area contributed by atoms with Gasteiger partial charge in [0.15, 0.2) is 6.39 Å². The number of carbonyl (C=O) groups is 2. The highest BCUT2D eigenvalue weighted by atomic mass is 32.2. The highest BCUT2D eigenvalue weighted by Crippen LogP contribution is 2.39. The quantitative estimate of drug-likeness (QED) is 0.739. The molecule has 26 heavy (non-hydrogen) atoms. The van der Waals surface area contributed by atoms with Crippen molar-refractivity contribution < 1.29 is 18.4 Å². The number of nitrogens with zero attached hydrogens (tertiary/aromatic N) is 1. The number of amides is 2. The van der Waals surface area contributed by atoms with Crippen molar-refractivity contribution in [3.05, 3.63) is 71.7 Å². The Hall–Kier alpha value is -3.13. The first-order valence-corrected chi connectivity index (χ1v) is 8.51. The van der Waals surface area contributed by atoms with Crippen molar-refractivity contribution in [1.82, 2.24) is 10.3 Å². The number of carbonyl (C=O) groups excluding carboxylic acids is 2. The molecule has 0 saturated heterocycles. The van der Waals surface area contributed by atoms with Gasteiger partial charge in [-0.2, -0.15) is 0 Å². The fraction of sp³-hybridized carbons (Fsp3) is 0.0556. The molecule has 1 aliphatic heterocycles. The molecule has 0 unspecified atom stereocenters. The summed E-state index contributed by atoms with van der Waals surface area (Å²) in [5.41, 5.74) is 0.837. The number of anilines is 1. The maximum Gasteiger partial charge on any atom is 0.259 e. The molecule has 2 heterocycles. The van der Waals surface area contributed by atoms with Crippen molar-refractivity contribution >= 4 is 29.3 Å². The Morgan fingerprint density at radius 2 is 2.15 bits per heavy atom. The van der Waals surface area contributed by atoms with E-state index in [2.05, 4.69) is 15.6 Å². The minimum atomic E-state index is -0.578. The summed E-state index contributed by atoms with van der Waals surface area (Å²) in [6, 6.07) is 9.44. The topological polar surface area (TPSA) is 84.2 Å². The maximum atomic E-state index is 14.0. The monoisotopic (exact) mass is 369 g/mol. The Bertz CT molecular complexity index is 1000. The molecule has 1 aromatic heterocycles. The normalized spacial score (nSPS) is 12.6. The van der Waals surface area contributed by atoms with E-state index in [9.17, 15) is 14.0 Å². The van der Waals surface area contributed by atoms with Crippen LogP contribution in [0.25, 0.3) is 0 Å². The molecule has 0 saturated carbocycles. The Morgan fingerprint density at radius 1 is 1.27 bits per heavy atom. The fourth-order valence-electron chi connectivity index (χ4n) is 2.57. The van der Waals surface area contributed by atoms with Crippen LogP contribution in [0.1, 0.15) is 26.5 Å². The molecule has 6 nitrogen and oxygen atoms in total. The van der Waals surface area contributed by atoms with E-state index in [1.54, 1.807) is 30.3 Å². The Labute approximate surface area is 151 Å². The number of nitrogens with one attached hydrogen (secondary N) is 2. The third-order valence-corrected chi connectivity index (χ3v) is 4.95. The maximum absolute atomic E-state index is 14.0. The van der Waals surface area contributed by atoms with Crippen LogP contribution in [-0.2, 0) is 6.54 Å². The molecule has 8 heteroatoms. The summed E-state index contributed by atoms with van der Waals surface area (Å²) in [6.45, 7) is 0.202. The standard InChI is InChI=1S/C18H12FN3O3S/c19-12-2-1-3-15-16(12)18(24)22-13-6-10(4-5-14(13)26-15)17(23)21-8-11-7-20-9-25-11/h1-7,9H,8H2,(H,21,23)(H,22,24). The average molecular weight is 369 g/mol. The zero-order valence-electron chi connectivity index (χ0n) is 13.3. The van der Waals surface area contributed by atoms with Gasteiger partial charge < -0.3 is 15.1 Å². The lowest BCUT2D eigenvalue weighted by Gasteiger charge is -2.09. The second-order valence-corrected chi connectivity index (χ2v) is 6.61. The molecular weight excluding hydrogens is 357 g/mol. The van der Waals surface area contributed by atoms with Gasteiger partial charge >= 0.3 is 0 Å². The summed E-state index contributed by atoms with van der Waals surface area (Å²) in [5.74, 6) is -0.909. The summed E-state index contributed by atoms with van der Waals surface area (Å²) in [5, 5.41) is 5.39. The number of halogens is 1. The summed E-state index contributed by atoms with van der Waals surface area (Å²) < 4.78 is 19.1. The summed E-state index contributed by atoms with van der Waals surface area (Å²) in [6.07, 6.45) is 2.80. The van der Waals surface area contributed by atoms with Crippen molar-refractivity contribution in [3.63, 3.8) is 0 Å². The van der Waals surface area contributed by atoms with E-state index in [-0.39, 0.29) is 18.0 Å². The van der Waals surface area contributed by atoms with Gasteiger partial charge in [-0.3, -0.25) is 9.59 Å². The number of aromatic nitrogens is 1. The van der Waals surface area contributed by atoms with Crippen LogP contribution in [0, 0.1) is 5.82 Å². The molecule has 4 rings (SSSR count). The van der Waals surface area contributed by atoms with Crippen LogP contribution in [0.5, 0.6) is 0 Å². The molecule has 1 aliphatic rings. The van der Waals surface area contributed by atoms with E-state index in [1.807, 2.05) is 0 Å². The van der Waals surface area contributed by atoms with Crippen LogP contribution in [0.4, 0.5) is 10.1 Å². The van der Waals surface area contributed by atoms with Crippen molar-refractivity contribution in [1.29, 1.82) is 0 Å². The molecule has 0 radical (unpaired) electrons. The van der Waals surface area contributed by atoms with Crippen LogP contribution in [0.3, 0.4) is 0 Å². The van der Waals surface area contributed by atoms with Gasteiger partial charge in [0.25, 0.3) is 11.8 Å². The van der Waals surface area contributed by atoms with Gasteiger partial charge in [0, 0.05) is 15.4 Å². The minimum Gasteiger partial charge on any atom is -0.447 e. The van der Waals surface area contributed by atoms with Crippen LogP contribution in [0.15, 0.2) is 63.2 Å². The number of fused-ring (bicyclic) bond motifs is 2. The summed E-state index contributed by atoms with van der Waals surface area (Å²) in [4.78, 5) is 29.7. The molecule has 0 atom stereocenters. The average Bonchev–Trinajstić information content (AvgIpc) is 3.09. The molecule has 0 bridgehead atoms. The molecule has 0 aliphatic carbocycles. The second-order valence-electron chi connectivity index (χ2n) is 5.53. The predicted molar refractivity (Wildman–Crippen MR) is 92.6 cm³/mol. The van der Waals surface area contributed by atoms with Crippen LogP contribution >= 0.6 is 11.8 Å². The lowest BCUT2D eigenvalue weighted by atomic mass is 10.1. The zero-order chi connectivity index (χ0) is 18.1. The van der Waals surface area contributed by atoms with E-state index in [0.717, 1.165) is 4.90 Å². The van der Waals surface area contributed by atoms with Crippen molar-refractivity contribution in [2.75, 3.05) is 5.32 Å². The number of benzene rings is 2. The number of oxazole rings is 1. The lowest BCUT2D eigenvalue weighted by molar-refractivity contribution is 0.0946. The minimum absolute atomic E-state index is 0.00465. The second kappa shape index (κ2) is 6.64. The predicted octanol–water partition coefficient (Wildman–Crippen LogP) is 3.46. The van der Waals surface area contributed by atoms with E-state index >= 15 is 0 Å². The van der Waals surface area contributed by atoms with E-state index in [4.69, 9.17) is 4.42 Å². The van der Waals surface area contributed by atoms with Gasteiger partial charge in [0.05, 0.1) is 24.0 Å². The number of rotatable bonds is 3. The number of hydrogen-bond donors (Lipinski definition) is 2. The van der Waals surface area contributed by atoms with E-state index in [0.29, 0.717) is 21.9 Å². The molecule has 0 fully saturated rings. The Kier molecular flexibility index (Phi) is 4.18. The molecule has 130 valence electrons. The molecule has 2 amide bonds. The van der Waals surface area contributed by atoms with E-state index in [1.165, 1.54) is 30.4 Å². The Balaban J connectivity index is 1.59. The third-order valence-electron chi connectivity index (χ3n) is 3.82. The van der Waals surface area contributed by atoms with Crippen molar-refractivity contribution in [2.45, 2.75) is 16.3 Å². The smallest absolute Gasteiger partial charge is 0.259 e. The summed E-state index contributed by atoms with van der Waals surface area (Å²) in [7, 11) is 0. The van der Waals surface area contributed by atoms with Gasteiger partial charge in [-0.1, -0.05) is 17.8 Å². The molecule has 0 spiro atoms. The third kappa shape index (κ3) is 3.06. The fourth-order valence-corrected chi connectivity index (χ4v) is 3.60. The molecule has 3 aromatic rings. The first-order chi connectivity index (χ1) is 12.6.